The van der Waals surface area contributed by atoms with Gasteiger partial charge in [0.25, 0.3) is 0 Å². The summed E-state index contributed by atoms with van der Waals surface area (Å²) in [6.45, 7) is 5.29. The van der Waals surface area contributed by atoms with Crippen LogP contribution in [0.4, 0.5) is 9.18 Å². The second kappa shape index (κ2) is 4.28. The first-order valence-electron chi connectivity index (χ1n) is 5.48. The van der Waals surface area contributed by atoms with Gasteiger partial charge in [0.15, 0.2) is 0 Å². The number of carbonyl (C=O) groups is 1. The molecule has 1 heterocycles. The molecule has 0 aliphatic heterocycles. The minimum atomic E-state index is -0.618. The van der Waals surface area contributed by atoms with Gasteiger partial charge in [-0.25, -0.2) is 9.18 Å². The molecule has 0 fully saturated rings. The van der Waals surface area contributed by atoms with Crippen molar-refractivity contribution in [3.05, 3.63) is 35.2 Å². The Morgan fingerprint density at radius 1 is 1.33 bits per heavy atom. The van der Waals surface area contributed by atoms with E-state index >= 15 is 0 Å². The molecule has 0 radical (unpaired) electrons. The Kier molecular flexibility index (Phi) is 3.07. The largest absolute Gasteiger partial charge is 0.443 e. The molecule has 2 aromatic rings. The molecule has 0 unspecified atom stereocenters. The molecule has 96 valence electrons. The average molecular weight is 270 g/mol. The summed E-state index contributed by atoms with van der Waals surface area (Å²) in [5.74, 6) is -0.562. The number of fused-ring (bicyclic) bond motifs is 1. The van der Waals surface area contributed by atoms with Gasteiger partial charge in [-0.05, 0) is 39.0 Å². The Morgan fingerprint density at radius 3 is 2.61 bits per heavy atom. The molecule has 0 saturated heterocycles. The number of aromatic nitrogens is 1. The fraction of sp³-hybridized carbons (Fsp3) is 0.308. The van der Waals surface area contributed by atoms with Gasteiger partial charge in [0.2, 0.25) is 0 Å². The summed E-state index contributed by atoms with van der Waals surface area (Å²) < 4.78 is 19.9. The quantitative estimate of drug-likeness (QED) is 0.717. The monoisotopic (exact) mass is 269 g/mol. The van der Waals surface area contributed by atoms with Crippen LogP contribution < -0.4 is 0 Å². The third-order valence-corrected chi connectivity index (χ3v) is 2.69. The van der Waals surface area contributed by atoms with Crippen LogP contribution in [0, 0.1) is 5.82 Å². The number of hydrogen-bond acceptors (Lipinski definition) is 2. The molecule has 0 amide bonds. The summed E-state index contributed by atoms with van der Waals surface area (Å²) >= 11 is 5.88. The molecule has 0 N–H and O–H groups in total. The van der Waals surface area contributed by atoms with Gasteiger partial charge in [-0.2, -0.15) is 0 Å². The lowest BCUT2D eigenvalue weighted by molar-refractivity contribution is 0.0544. The van der Waals surface area contributed by atoms with Gasteiger partial charge in [-0.3, -0.25) is 4.57 Å². The van der Waals surface area contributed by atoms with Gasteiger partial charge < -0.3 is 4.74 Å². The third kappa shape index (κ3) is 2.34. The van der Waals surface area contributed by atoms with Crippen molar-refractivity contribution < 1.29 is 13.9 Å². The van der Waals surface area contributed by atoms with Gasteiger partial charge in [0.1, 0.15) is 16.4 Å². The summed E-state index contributed by atoms with van der Waals surface area (Å²) in [5, 5.41) is 0.607. The average Bonchev–Trinajstić information content (AvgIpc) is 2.65. The Hall–Kier alpha value is -1.55. The molecule has 0 spiro atoms. The summed E-state index contributed by atoms with van der Waals surface area (Å²) in [7, 11) is 0. The summed E-state index contributed by atoms with van der Waals surface area (Å²) in [6, 6.07) is 4.52. The van der Waals surface area contributed by atoms with E-state index in [1.165, 1.54) is 16.8 Å². The van der Waals surface area contributed by atoms with Crippen molar-refractivity contribution in [2.24, 2.45) is 0 Å². The summed E-state index contributed by atoms with van der Waals surface area (Å²) in [6.07, 6.45) is 0.939. The molecule has 2 rings (SSSR count). The first-order chi connectivity index (χ1) is 8.29. The number of carbonyl (C=O) groups excluding carboxylic acids is 1. The lowest BCUT2D eigenvalue weighted by atomic mass is 10.2. The molecule has 1 aromatic carbocycles. The highest BCUT2D eigenvalue weighted by Crippen LogP contribution is 2.27. The molecular weight excluding hydrogens is 257 g/mol. The Labute approximate surface area is 109 Å². The van der Waals surface area contributed by atoms with Crippen molar-refractivity contribution in [1.82, 2.24) is 4.57 Å². The molecule has 0 atom stereocenters. The number of rotatable bonds is 0. The van der Waals surface area contributed by atoms with Crippen molar-refractivity contribution in [3.8, 4) is 0 Å². The van der Waals surface area contributed by atoms with E-state index in [1.54, 1.807) is 32.9 Å². The van der Waals surface area contributed by atoms with Crippen LogP contribution in [0.15, 0.2) is 24.4 Å². The number of nitrogens with zero attached hydrogens (tertiary/aromatic N) is 1. The second-order valence-electron chi connectivity index (χ2n) is 4.97. The van der Waals surface area contributed by atoms with E-state index in [0.717, 1.165) is 0 Å². The maximum Gasteiger partial charge on any atom is 0.419 e. The Morgan fingerprint density at radius 2 is 2.00 bits per heavy atom. The highest BCUT2D eigenvalue weighted by Gasteiger charge is 2.20. The zero-order chi connectivity index (χ0) is 13.5. The summed E-state index contributed by atoms with van der Waals surface area (Å²) in [5.41, 5.74) is -0.293. The van der Waals surface area contributed by atoms with E-state index in [9.17, 15) is 9.18 Å². The van der Waals surface area contributed by atoms with Crippen molar-refractivity contribution in [3.63, 3.8) is 0 Å². The standard InChI is InChI=1S/C13H13ClFNO2/c1-13(2,3)18-12(17)16-7-6-8-4-5-9(15)10(14)11(8)16/h4-7H,1-3H3. The second-order valence-corrected chi connectivity index (χ2v) is 5.34. The van der Waals surface area contributed by atoms with Crippen LogP contribution >= 0.6 is 11.6 Å². The lowest BCUT2D eigenvalue weighted by Gasteiger charge is -2.19. The zero-order valence-electron chi connectivity index (χ0n) is 10.3. The van der Waals surface area contributed by atoms with Gasteiger partial charge in [-0.1, -0.05) is 11.6 Å². The Bertz CT molecular complexity index is 613. The molecule has 0 aliphatic carbocycles. The Balaban J connectivity index is 2.52. The molecule has 1 aromatic heterocycles. The molecule has 3 nitrogen and oxygen atoms in total. The minimum absolute atomic E-state index is 0.0802. The molecule has 18 heavy (non-hydrogen) atoms. The van der Waals surface area contributed by atoms with E-state index in [1.807, 2.05) is 0 Å². The van der Waals surface area contributed by atoms with Crippen LogP contribution in [-0.4, -0.2) is 16.3 Å². The van der Waals surface area contributed by atoms with Crippen LogP contribution in [0.3, 0.4) is 0 Å². The molecule has 0 aliphatic rings. The van der Waals surface area contributed by atoms with E-state index in [4.69, 9.17) is 16.3 Å². The maximum atomic E-state index is 13.4. The number of benzene rings is 1. The van der Waals surface area contributed by atoms with Crippen LogP contribution in [-0.2, 0) is 4.74 Å². The first-order valence-corrected chi connectivity index (χ1v) is 5.86. The van der Waals surface area contributed by atoms with Crippen molar-refractivity contribution in [2.75, 3.05) is 0 Å². The van der Waals surface area contributed by atoms with E-state index in [2.05, 4.69) is 0 Å². The van der Waals surface area contributed by atoms with Crippen LogP contribution in [0.2, 0.25) is 5.02 Å². The highest BCUT2D eigenvalue weighted by molar-refractivity contribution is 6.35. The predicted molar refractivity (Wildman–Crippen MR) is 68.5 cm³/mol. The van der Waals surface area contributed by atoms with Gasteiger partial charge >= 0.3 is 6.09 Å². The van der Waals surface area contributed by atoms with Crippen molar-refractivity contribution in [2.45, 2.75) is 26.4 Å². The lowest BCUT2D eigenvalue weighted by Crippen LogP contribution is -2.26. The number of halogens is 2. The number of hydrogen-bond donors (Lipinski definition) is 0. The molecular formula is C13H13ClFNO2. The van der Waals surface area contributed by atoms with Gasteiger partial charge in [0, 0.05) is 11.6 Å². The molecule has 0 saturated carbocycles. The van der Waals surface area contributed by atoms with Crippen molar-refractivity contribution >= 4 is 28.6 Å². The number of ether oxygens (including phenoxy) is 1. The van der Waals surface area contributed by atoms with E-state index in [0.29, 0.717) is 10.9 Å². The smallest absolute Gasteiger partial charge is 0.419 e. The normalized spacial score (nSPS) is 11.8. The maximum absolute atomic E-state index is 13.4. The topological polar surface area (TPSA) is 31.2 Å². The molecule has 0 bridgehead atoms. The zero-order valence-corrected chi connectivity index (χ0v) is 11.1. The van der Waals surface area contributed by atoms with E-state index < -0.39 is 17.5 Å². The minimum Gasteiger partial charge on any atom is -0.443 e. The van der Waals surface area contributed by atoms with Crippen LogP contribution in [0.25, 0.3) is 10.9 Å². The van der Waals surface area contributed by atoms with Crippen LogP contribution in [0.1, 0.15) is 20.8 Å². The highest BCUT2D eigenvalue weighted by atomic mass is 35.5. The van der Waals surface area contributed by atoms with Gasteiger partial charge in [-0.15, -0.1) is 0 Å². The predicted octanol–water partition coefficient (Wildman–Crippen LogP) is 4.22. The first kappa shape index (κ1) is 12.9. The SMILES string of the molecule is CC(C)(C)OC(=O)n1ccc2ccc(F)c(Cl)c21. The third-order valence-electron chi connectivity index (χ3n) is 2.33. The summed E-state index contributed by atoms with van der Waals surface area (Å²) in [4.78, 5) is 12.0. The van der Waals surface area contributed by atoms with Gasteiger partial charge in [0.05, 0.1) is 5.52 Å². The fourth-order valence-electron chi connectivity index (χ4n) is 1.63. The van der Waals surface area contributed by atoms with Crippen molar-refractivity contribution in [1.29, 1.82) is 0 Å². The molecule has 5 heteroatoms. The van der Waals surface area contributed by atoms with E-state index in [-0.39, 0.29) is 5.02 Å². The fourth-order valence-corrected chi connectivity index (χ4v) is 1.89. The van der Waals surface area contributed by atoms with Crippen LogP contribution in [0.5, 0.6) is 0 Å².